The molecule has 0 radical (unpaired) electrons. The van der Waals surface area contributed by atoms with Crippen LogP contribution in [0.1, 0.15) is 107 Å². The van der Waals surface area contributed by atoms with Gasteiger partial charge in [-0.25, -0.2) is 14.4 Å². The van der Waals surface area contributed by atoms with Crippen LogP contribution in [0.4, 0.5) is 0 Å². The smallest absolute Gasteiger partial charge is 0.343 e. The van der Waals surface area contributed by atoms with Crippen molar-refractivity contribution in [1.82, 2.24) is 0 Å². The second kappa shape index (κ2) is 22.9. The molecule has 0 aromatic heterocycles. The zero-order valence-electron chi connectivity index (χ0n) is 41.3. The Bertz CT molecular complexity index is 2840. The van der Waals surface area contributed by atoms with Gasteiger partial charge in [-0.15, -0.1) is 0 Å². The van der Waals surface area contributed by atoms with Crippen LogP contribution in [0.15, 0.2) is 158 Å². The quantitative estimate of drug-likeness (QED) is 0.0437. The maximum absolute atomic E-state index is 14.0. The standard InChI is InChI=1S/C60H62O9Si2/c1-6-7-34-65-71(4,5)69-70(2,3)35-20-21-42-36-52-40-50-32-18-30-48(56(50)67-59(63)44-24-13-9-14-25-44)38-46-28-17-29-47(55(46)66-58(62)43-22-11-8-12-23-43)39-49-31-19-33-51(41-53(37-42)54(52)61)57(49)68-60(64)45-26-15-10-16-27-45/h8-19,22-33,36-37,61H,6-7,20-21,34-35,38-41H2,1-5H3. The molecule has 1 aliphatic rings. The maximum atomic E-state index is 14.0. The lowest BCUT2D eigenvalue weighted by Crippen LogP contribution is -2.46. The number of para-hydroxylation sites is 3. The fourth-order valence-corrected chi connectivity index (χ4v) is 16.9. The fraction of sp³-hybridized carbons (Fsp3) is 0.250. The van der Waals surface area contributed by atoms with Gasteiger partial charge in [-0.1, -0.05) is 135 Å². The van der Waals surface area contributed by atoms with Gasteiger partial charge in [0.2, 0.25) is 0 Å². The van der Waals surface area contributed by atoms with Crippen molar-refractivity contribution < 1.29 is 42.2 Å². The molecule has 0 heterocycles. The molecule has 0 unspecified atom stereocenters. The molecular formula is C60H62O9Si2. The van der Waals surface area contributed by atoms with E-state index in [2.05, 4.69) is 45.2 Å². The lowest BCUT2D eigenvalue weighted by molar-refractivity contribution is 0.0722. The van der Waals surface area contributed by atoms with E-state index < -0.39 is 34.8 Å². The molecule has 7 aromatic carbocycles. The van der Waals surface area contributed by atoms with Crippen molar-refractivity contribution >= 4 is 34.8 Å². The van der Waals surface area contributed by atoms with Crippen LogP contribution in [-0.4, -0.2) is 46.5 Å². The van der Waals surface area contributed by atoms with Crippen LogP contribution in [0.25, 0.3) is 0 Å². The topological polar surface area (TPSA) is 118 Å². The van der Waals surface area contributed by atoms with Gasteiger partial charge in [0.05, 0.1) is 16.7 Å². The molecule has 11 heteroatoms. The number of unbranched alkanes of at least 4 members (excludes halogenated alkanes) is 1. The highest BCUT2D eigenvalue weighted by Gasteiger charge is 2.34. The largest absolute Gasteiger partial charge is 0.507 e. The Labute approximate surface area is 419 Å². The summed E-state index contributed by atoms with van der Waals surface area (Å²) in [6.07, 6.45) is 4.55. The van der Waals surface area contributed by atoms with E-state index in [-0.39, 0.29) is 31.4 Å². The zero-order chi connectivity index (χ0) is 50.0. The molecule has 9 nitrogen and oxygen atoms in total. The summed E-state index contributed by atoms with van der Waals surface area (Å²) in [5.41, 5.74) is 7.59. The van der Waals surface area contributed by atoms with Crippen molar-refractivity contribution in [3.8, 4) is 23.0 Å². The van der Waals surface area contributed by atoms with E-state index in [1.807, 2.05) is 72.8 Å². The number of hydrogen-bond acceptors (Lipinski definition) is 9. The number of rotatable bonds is 16. The van der Waals surface area contributed by atoms with Gasteiger partial charge >= 0.3 is 26.5 Å². The summed E-state index contributed by atoms with van der Waals surface area (Å²) in [6, 6.07) is 48.8. The number of aromatic hydroxyl groups is 1. The Morgan fingerprint density at radius 3 is 1.18 bits per heavy atom. The van der Waals surface area contributed by atoms with E-state index in [9.17, 15) is 19.5 Å². The molecule has 1 aliphatic carbocycles. The first kappa shape index (κ1) is 50.5. The third-order valence-electron chi connectivity index (χ3n) is 12.7. The number of aryl methyl sites for hydroxylation is 1. The van der Waals surface area contributed by atoms with E-state index in [0.29, 0.717) is 85.1 Å². The summed E-state index contributed by atoms with van der Waals surface area (Å²) in [4.78, 5) is 42.0. The lowest BCUT2D eigenvalue weighted by Gasteiger charge is -2.33. The first-order valence-electron chi connectivity index (χ1n) is 24.6. The molecule has 0 saturated heterocycles. The molecule has 8 rings (SSSR count). The van der Waals surface area contributed by atoms with E-state index in [1.165, 1.54) is 0 Å². The number of hydrogen-bond donors (Lipinski definition) is 1. The molecule has 0 aliphatic heterocycles. The molecular weight excluding hydrogens is 921 g/mol. The molecule has 71 heavy (non-hydrogen) atoms. The van der Waals surface area contributed by atoms with Crippen molar-refractivity contribution in [2.45, 2.75) is 90.5 Å². The SMILES string of the molecule is CCCCO[Si](C)(C)O[Si](C)(C)CCCc1cc2c(O)c(c1)Cc1cccc(c1OC(=O)c1ccccc1)Cc1cccc(c1OC(=O)c1ccccc1)Cc1cccc(c1OC(=O)c1ccccc1)C2. The summed E-state index contributed by atoms with van der Waals surface area (Å²) in [5.74, 6) is -0.398. The average molecular weight is 983 g/mol. The minimum absolute atomic E-state index is 0.104. The highest BCUT2D eigenvalue weighted by Crippen LogP contribution is 2.40. The van der Waals surface area contributed by atoms with Gasteiger partial charge in [-0.3, -0.25) is 0 Å². The number of phenols is 1. The second-order valence-corrected chi connectivity index (χ2v) is 27.2. The summed E-state index contributed by atoms with van der Waals surface area (Å²) < 4.78 is 32.3. The van der Waals surface area contributed by atoms with Crippen LogP contribution in [0.5, 0.6) is 23.0 Å². The van der Waals surface area contributed by atoms with Crippen LogP contribution < -0.4 is 14.2 Å². The molecule has 0 amide bonds. The average Bonchev–Trinajstić information content (AvgIpc) is 3.35. The summed E-state index contributed by atoms with van der Waals surface area (Å²) >= 11 is 0. The molecule has 7 aromatic rings. The lowest BCUT2D eigenvalue weighted by atomic mass is 9.90. The van der Waals surface area contributed by atoms with Gasteiger partial charge < -0.3 is 27.9 Å². The van der Waals surface area contributed by atoms with E-state index >= 15 is 0 Å². The van der Waals surface area contributed by atoms with Gasteiger partial charge in [0, 0.05) is 32.3 Å². The van der Waals surface area contributed by atoms with Crippen molar-refractivity contribution in [3.63, 3.8) is 0 Å². The van der Waals surface area contributed by atoms with Crippen molar-refractivity contribution in [3.05, 3.63) is 224 Å². The van der Waals surface area contributed by atoms with Gasteiger partial charge in [0.1, 0.15) is 23.0 Å². The Morgan fingerprint density at radius 2 is 0.831 bits per heavy atom. The summed E-state index contributed by atoms with van der Waals surface area (Å²) in [7, 11) is -4.44. The number of esters is 3. The van der Waals surface area contributed by atoms with Crippen molar-refractivity contribution in [2.75, 3.05) is 6.61 Å². The Balaban J connectivity index is 1.26. The number of benzene rings is 7. The highest BCUT2D eigenvalue weighted by atomic mass is 28.4. The zero-order valence-corrected chi connectivity index (χ0v) is 43.3. The predicted molar refractivity (Wildman–Crippen MR) is 283 cm³/mol. The Morgan fingerprint density at radius 1 is 0.479 bits per heavy atom. The van der Waals surface area contributed by atoms with Gasteiger partial charge in [0.25, 0.3) is 0 Å². The van der Waals surface area contributed by atoms with Gasteiger partial charge in [-0.2, -0.15) is 0 Å². The number of ether oxygens (including phenoxy) is 3. The number of phenolic OH excluding ortho intramolecular Hbond substituents is 1. The minimum Gasteiger partial charge on any atom is -0.507 e. The highest BCUT2D eigenvalue weighted by molar-refractivity contribution is 6.82. The van der Waals surface area contributed by atoms with Gasteiger partial charge in [-0.05, 0) is 138 Å². The predicted octanol–water partition coefficient (Wildman–Crippen LogP) is 13.4. The van der Waals surface area contributed by atoms with Crippen molar-refractivity contribution in [1.29, 1.82) is 0 Å². The minimum atomic E-state index is -2.32. The number of carbonyl (C=O) groups excluding carboxylic acids is 3. The third kappa shape index (κ3) is 13.1. The first-order chi connectivity index (χ1) is 34.3. The first-order valence-corrected chi connectivity index (χ1v) is 30.5. The summed E-state index contributed by atoms with van der Waals surface area (Å²) in [5, 5.41) is 12.5. The third-order valence-corrected chi connectivity index (χ3v) is 19.3. The Hall–Kier alpha value is -6.90. The number of fused-ring (bicyclic) bond motifs is 8. The molecule has 0 fully saturated rings. The molecule has 1 N–H and O–H groups in total. The molecule has 0 atom stereocenters. The van der Waals surface area contributed by atoms with Gasteiger partial charge in [0.15, 0.2) is 8.32 Å². The van der Waals surface area contributed by atoms with Crippen LogP contribution in [0.2, 0.25) is 32.2 Å². The normalized spacial score (nSPS) is 12.5. The number of carbonyl (C=O) groups is 3. The second-order valence-electron chi connectivity index (χ2n) is 19.3. The molecule has 8 bridgehead atoms. The van der Waals surface area contributed by atoms with E-state index in [0.717, 1.165) is 37.3 Å². The Kier molecular flexibility index (Phi) is 16.3. The fourth-order valence-electron chi connectivity index (χ4n) is 9.31. The van der Waals surface area contributed by atoms with Crippen LogP contribution in [-0.2, 0) is 40.6 Å². The van der Waals surface area contributed by atoms with E-state index in [4.69, 9.17) is 22.8 Å². The monoisotopic (exact) mass is 982 g/mol. The van der Waals surface area contributed by atoms with E-state index in [1.54, 1.807) is 72.8 Å². The molecule has 0 saturated carbocycles. The molecule has 0 spiro atoms. The van der Waals surface area contributed by atoms with Crippen LogP contribution in [0.3, 0.4) is 0 Å². The van der Waals surface area contributed by atoms with Crippen LogP contribution in [0, 0.1) is 0 Å². The summed E-state index contributed by atoms with van der Waals surface area (Å²) in [6.45, 7) is 11.7. The van der Waals surface area contributed by atoms with Crippen molar-refractivity contribution in [2.24, 2.45) is 0 Å². The maximum Gasteiger partial charge on any atom is 0.343 e. The molecule has 364 valence electrons. The van der Waals surface area contributed by atoms with Crippen LogP contribution >= 0.6 is 0 Å².